The highest BCUT2D eigenvalue weighted by molar-refractivity contribution is 6.32. The summed E-state index contributed by atoms with van der Waals surface area (Å²) in [4.78, 5) is 25.6. The van der Waals surface area contributed by atoms with Crippen LogP contribution < -0.4 is 10.6 Å². The van der Waals surface area contributed by atoms with Crippen molar-refractivity contribution in [1.29, 1.82) is 0 Å². The molecule has 0 unspecified atom stereocenters. The lowest BCUT2D eigenvalue weighted by Gasteiger charge is -2.25. The quantitative estimate of drug-likeness (QED) is 0.296. The van der Waals surface area contributed by atoms with Gasteiger partial charge in [0.1, 0.15) is 6.23 Å². The number of carbonyl (C=O) groups excluding carboxylic acids is 2. The third-order valence-corrected chi connectivity index (χ3v) is 4.18. The summed E-state index contributed by atoms with van der Waals surface area (Å²) in [6.45, 7) is 4.43. The van der Waals surface area contributed by atoms with Crippen molar-refractivity contribution in [3.05, 3.63) is 48.6 Å². The molecule has 1 fully saturated rings. The Bertz CT molecular complexity index is 614. The molecule has 26 heavy (non-hydrogen) atoms. The summed E-state index contributed by atoms with van der Waals surface area (Å²) in [6, 6.07) is 8.64. The van der Waals surface area contributed by atoms with E-state index in [1.165, 1.54) is 6.08 Å². The molecule has 0 radical (unpaired) electrons. The van der Waals surface area contributed by atoms with Crippen molar-refractivity contribution < 1.29 is 24.3 Å². The Kier molecular flexibility index (Phi) is 7.64. The molecule has 0 spiro atoms. The van der Waals surface area contributed by atoms with Gasteiger partial charge in [0.15, 0.2) is 0 Å². The zero-order chi connectivity index (χ0) is 18.9. The normalized spacial score (nSPS) is 17.5. The van der Waals surface area contributed by atoms with Crippen LogP contribution in [0.25, 0.3) is 0 Å². The van der Waals surface area contributed by atoms with Crippen LogP contribution in [0.15, 0.2) is 43.0 Å². The molecule has 2 atom stereocenters. The number of nitrogens with zero attached hydrogens (tertiary/aromatic N) is 1. The highest BCUT2D eigenvalue weighted by Crippen LogP contribution is 2.16. The van der Waals surface area contributed by atoms with Crippen LogP contribution in [0.1, 0.15) is 18.4 Å². The molecule has 1 aromatic rings. The van der Waals surface area contributed by atoms with Gasteiger partial charge >= 0.3 is 13.4 Å². The smallest absolute Gasteiger partial charge is 0.402 e. The number of urea groups is 1. The van der Waals surface area contributed by atoms with Crippen LogP contribution in [0.4, 0.5) is 4.79 Å². The number of hydrogen-bond donors (Lipinski definition) is 4. The number of likely N-dealkylation sites (tertiary alicyclic amines) is 1. The Morgan fingerprint density at radius 2 is 2.12 bits per heavy atom. The first kappa shape index (κ1) is 20.0. The second-order valence-corrected chi connectivity index (χ2v) is 6.03. The Balaban J connectivity index is 1.86. The Hall–Kier alpha value is -2.36. The minimum Gasteiger partial charge on any atom is -0.402 e. The zero-order valence-electron chi connectivity index (χ0n) is 14.5. The van der Waals surface area contributed by atoms with E-state index in [-0.39, 0.29) is 18.4 Å². The highest BCUT2D eigenvalue weighted by Gasteiger charge is 2.28. The van der Waals surface area contributed by atoms with Crippen LogP contribution in [0.2, 0.25) is 0 Å². The van der Waals surface area contributed by atoms with Gasteiger partial charge in [-0.3, -0.25) is 4.79 Å². The predicted octanol–water partition coefficient (Wildman–Crippen LogP) is 0.0175. The Morgan fingerprint density at radius 1 is 1.38 bits per heavy atom. The topological polar surface area (TPSA) is 111 Å². The lowest BCUT2D eigenvalue weighted by atomic mass is 10.1. The number of carbonyl (C=O) groups is 2. The number of benzene rings is 1. The average Bonchev–Trinajstić information content (AvgIpc) is 3.08. The summed E-state index contributed by atoms with van der Waals surface area (Å²) in [5.74, 6) is -0.150. The lowest BCUT2D eigenvalue weighted by molar-refractivity contribution is -0.126. The molecular formula is C17H24BN3O5. The molecule has 3 amide bonds. The lowest BCUT2D eigenvalue weighted by Crippen LogP contribution is -2.50. The van der Waals surface area contributed by atoms with Crippen molar-refractivity contribution in [2.45, 2.75) is 31.5 Å². The van der Waals surface area contributed by atoms with Gasteiger partial charge in [-0.25, -0.2) is 4.79 Å². The van der Waals surface area contributed by atoms with Crippen molar-refractivity contribution in [2.75, 3.05) is 13.1 Å². The second-order valence-electron chi connectivity index (χ2n) is 6.03. The summed E-state index contributed by atoms with van der Waals surface area (Å²) in [6.07, 6.45) is 2.32. The standard InChI is InChI=1S/C17H24BN3O5/c1-2-16(22)21-10-6-9-14(21)12-19-17(23)20-15(26-18(24)25)11-13-7-4-3-5-8-13/h2-5,7-8,14-15,24-25H,1,6,9-12H2,(H2,19,20,23)/t14-,15-/m1/s1. The summed E-state index contributed by atoms with van der Waals surface area (Å²) >= 11 is 0. The van der Waals surface area contributed by atoms with E-state index in [1.54, 1.807) is 4.90 Å². The largest absolute Gasteiger partial charge is 0.635 e. The van der Waals surface area contributed by atoms with Gasteiger partial charge in [-0.05, 0) is 24.5 Å². The van der Waals surface area contributed by atoms with Gasteiger partial charge in [-0.2, -0.15) is 0 Å². The molecule has 1 aliphatic heterocycles. The van der Waals surface area contributed by atoms with E-state index in [0.717, 1.165) is 18.4 Å². The number of nitrogens with one attached hydrogen (secondary N) is 2. The molecule has 140 valence electrons. The molecule has 1 saturated heterocycles. The molecule has 2 rings (SSSR count). The molecular weight excluding hydrogens is 337 g/mol. The van der Waals surface area contributed by atoms with Gasteiger partial charge in [0.25, 0.3) is 0 Å². The summed E-state index contributed by atoms with van der Waals surface area (Å²) < 4.78 is 4.93. The Labute approximate surface area is 153 Å². The van der Waals surface area contributed by atoms with Gasteiger partial charge < -0.3 is 30.2 Å². The van der Waals surface area contributed by atoms with Gasteiger partial charge in [-0.1, -0.05) is 36.9 Å². The van der Waals surface area contributed by atoms with Crippen LogP contribution >= 0.6 is 0 Å². The molecule has 1 aliphatic rings. The first-order valence-corrected chi connectivity index (χ1v) is 8.52. The van der Waals surface area contributed by atoms with Crippen molar-refractivity contribution in [2.24, 2.45) is 0 Å². The molecule has 1 aromatic carbocycles. The number of hydrogen-bond acceptors (Lipinski definition) is 5. The van der Waals surface area contributed by atoms with E-state index in [4.69, 9.17) is 14.7 Å². The van der Waals surface area contributed by atoms with E-state index in [0.29, 0.717) is 13.1 Å². The monoisotopic (exact) mass is 361 g/mol. The van der Waals surface area contributed by atoms with Gasteiger partial charge in [0.2, 0.25) is 5.91 Å². The fraction of sp³-hybridized carbons (Fsp3) is 0.412. The van der Waals surface area contributed by atoms with Crippen LogP contribution in [-0.4, -0.2) is 59.6 Å². The molecule has 1 heterocycles. The van der Waals surface area contributed by atoms with Gasteiger partial charge in [0, 0.05) is 25.6 Å². The number of rotatable bonds is 8. The number of amides is 3. The van der Waals surface area contributed by atoms with Gasteiger partial charge in [-0.15, -0.1) is 0 Å². The summed E-state index contributed by atoms with van der Waals surface area (Å²) in [5, 5.41) is 23.4. The average molecular weight is 361 g/mol. The van der Waals surface area contributed by atoms with E-state index in [9.17, 15) is 9.59 Å². The van der Waals surface area contributed by atoms with Crippen molar-refractivity contribution in [1.82, 2.24) is 15.5 Å². The SMILES string of the molecule is C=CC(=O)N1CCC[C@@H]1CNC(=O)N[C@@H](Cc1ccccc1)OB(O)O. The van der Waals surface area contributed by atoms with Crippen molar-refractivity contribution in [3.8, 4) is 0 Å². The summed E-state index contributed by atoms with van der Waals surface area (Å²) in [7, 11) is -2.00. The Morgan fingerprint density at radius 3 is 2.77 bits per heavy atom. The van der Waals surface area contributed by atoms with E-state index < -0.39 is 19.6 Å². The van der Waals surface area contributed by atoms with Crippen molar-refractivity contribution >= 4 is 19.3 Å². The molecule has 0 aromatic heterocycles. The molecule has 0 bridgehead atoms. The van der Waals surface area contributed by atoms with Crippen LogP contribution in [-0.2, 0) is 15.9 Å². The van der Waals surface area contributed by atoms with Crippen LogP contribution in [0.5, 0.6) is 0 Å². The highest BCUT2D eigenvalue weighted by atomic mass is 16.6. The molecule has 4 N–H and O–H groups in total. The third-order valence-electron chi connectivity index (χ3n) is 4.18. The summed E-state index contributed by atoms with van der Waals surface area (Å²) in [5.41, 5.74) is 0.872. The van der Waals surface area contributed by atoms with Gasteiger partial charge in [0.05, 0.1) is 0 Å². The maximum Gasteiger partial charge on any atom is 0.635 e. The fourth-order valence-electron chi connectivity index (χ4n) is 2.97. The maximum atomic E-state index is 12.1. The fourth-order valence-corrected chi connectivity index (χ4v) is 2.97. The molecule has 0 aliphatic carbocycles. The minimum atomic E-state index is -2.00. The zero-order valence-corrected chi connectivity index (χ0v) is 14.5. The van der Waals surface area contributed by atoms with E-state index in [1.807, 2.05) is 30.3 Å². The van der Waals surface area contributed by atoms with Crippen molar-refractivity contribution in [3.63, 3.8) is 0 Å². The predicted molar refractivity (Wildman–Crippen MR) is 96.7 cm³/mol. The maximum absolute atomic E-state index is 12.1. The molecule has 9 heteroatoms. The third kappa shape index (κ3) is 6.18. The van der Waals surface area contributed by atoms with Crippen LogP contribution in [0.3, 0.4) is 0 Å². The minimum absolute atomic E-state index is 0.0804. The first-order valence-electron chi connectivity index (χ1n) is 8.52. The van der Waals surface area contributed by atoms with E-state index in [2.05, 4.69) is 17.2 Å². The first-order chi connectivity index (χ1) is 12.5. The van der Waals surface area contributed by atoms with E-state index >= 15 is 0 Å². The van der Waals surface area contributed by atoms with Crippen LogP contribution in [0, 0.1) is 0 Å². The second kappa shape index (κ2) is 9.96. The molecule has 8 nitrogen and oxygen atoms in total. The molecule has 0 saturated carbocycles.